The second-order valence-electron chi connectivity index (χ2n) is 6.65. The molecule has 0 unspecified atom stereocenters. The molecule has 0 saturated carbocycles. The molecule has 5 rings (SSSR count). The fourth-order valence-corrected chi connectivity index (χ4v) is 3.57. The third-order valence-corrected chi connectivity index (χ3v) is 4.93. The predicted molar refractivity (Wildman–Crippen MR) is 100 cm³/mol. The molecule has 1 aromatic heterocycles. The highest BCUT2D eigenvalue weighted by molar-refractivity contribution is 6.04. The first-order valence-corrected chi connectivity index (χ1v) is 8.67. The maximum absolute atomic E-state index is 13.2. The van der Waals surface area contributed by atoms with Crippen LogP contribution in [0.15, 0.2) is 30.6 Å². The van der Waals surface area contributed by atoms with Crippen LogP contribution < -0.4 is 10.2 Å². The van der Waals surface area contributed by atoms with Crippen LogP contribution in [0.3, 0.4) is 0 Å². The fraction of sp³-hybridized carbons (Fsp3) is 0.389. The fourth-order valence-electron chi connectivity index (χ4n) is 3.57. The lowest BCUT2D eigenvalue weighted by molar-refractivity contribution is 0.102. The molecule has 0 aliphatic carbocycles. The van der Waals surface area contributed by atoms with Crippen molar-refractivity contribution < 1.29 is 13.6 Å². The second-order valence-corrected chi connectivity index (χ2v) is 6.65. The van der Waals surface area contributed by atoms with E-state index in [1.54, 1.807) is 0 Å². The lowest BCUT2D eigenvalue weighted by Crippen LogP contribution is -2.38. The van der Waals surface area contributed by atoms with Crippen molar-refractivity contribution in [1.82, 2.24) is 14.9 Å². The van der Waals surface area contributed by atoms with Gasteiger partial charge in [0.05, 0.1) is 18.1 Å². The molecule has 6 nitrogen and oxygen atoms in total. The average Bonchev–Trinajstić information content (AvgIpc) is 2.95. The molecular weight excluding hydrogens is 376 g/mol. The van der Waals surface area contributed by atoms with E-state index in [1.165, 1.54) is 12.4 Å². The van der Waals surface area contributed by atoms with E-state index < -0.39 is 17.5 Å². The Morgan fingerprint density at radius 2 is 1.63 bits per heavy atom. The molecule has 1 N–H and O–H groups in total. The monoisotopic (exact) mass is 395 g/mol. The first-order valence-electron chi connectivity index (χ1n) is 8.67. The molecular formula is C18H20ClF2N5O. The zero-order chi connectivity index (χ0) is 18.1. The summed E-state index contributed by atoms with van der Waals surface area (Å²) in [5.41, 5.74) is 0.288. The highest BCUT2D eigenvalue weighted by Crippen LogP contribution is 2.24. The smallest absolute Gasteiger partial charge is 0.255 e. The number of nitrogens with one attached hydrogen (secondary N) is 1. The van der Waals surface area contributed by atoms with Gasteiger partial charge in [-0.2, -0.15) is 0 Å². The van der Waals surface area contributed by atoms with Gasteiger partial charge in [-0.1, -0.05) is 0 Å². The van der Waals surface area contributed by atoms with Crippen molar-refractivity contribution in [2.75, 3.05) is 36.4 Å². The lowest BCUT2D eigenvalue weighted by atomic mass is 10.1. The minimum atomic E-state index is -0.798. The number of benzene rings is 1. The summed E-state index contributed by atoms with van der Waals surface area (Å²) in [6, 6.07) is 3.14. The minimum absolute atomic E-state index is 0. The summed E-state index contributed by atoms with van der Waals surface area (Å²) < 4.78 is 26.5. The highest BCUT2D eigenvalue weighted by atomic mass is 35.5. The van der Waals surface area contributed by atoms with Gasteiger partial charge in [-0.15, -0.1) is 12.4 Å². The van der Waals surface area contributed by atoms with E-state index in [0.29, 0.717) is 17.7 Å². The van der Waals surface area contributed by atoms with Gasteiger partial charge in [0.25, 0.3) is 5.91 Å². The van der Waals surface area contributed by atoms with Crippen LogP contribution in [-0.2, 0) is 0 Å². The van der Waals surface area contributed by atoms with Crippen molar-refractivity contribution in [3.8, 4) is 0 Å². The van der Waals surface area contributed by atoms with Crippen LogP contribution in [0.25, 0.3) is 0 Å². The summed E-state index contributed by atoms with van der Waals surface area (Å²) in [6.45, 7) is 4.11. The van der Waals surface area contributed by atoms with Crippen molar-refractivity contribution in [2.45, 2.75) is 18.9 Å². The molecule has 9 heteroatoms. The molecule has 27 heavy (non-hydrogen) atoms. The number of fused-ring (bicyclic) bond motifs is 4. The molecule has 3 aliphatic rings. The van der Waals surface area contributed by atoms with Crippen molar-refractivity contribution in [3.63, 3.8) is 0 Å². The van der Waals surface area contributed by atoms with Crippen LogP contribution >= 0.6 is 12.4 Å². The molecule has 3 fully saturated rings. The first kappa shape index (κ1) is 19.4. The zero-order valence-corrected chi connectivity index (χ0v) is 15.4. The third-order valence-electron chi connectivity index (χ3n) is 4.93. The number of aromatic nitrogens is 2. The maximum atomic E-state index is 13.2. The van der Waals surface area contributed by atoms with E-state index >= 15 is 0 Å². The van der Waals surface area contributed by atoms with Crippen LogP contribution in [0.4, 0.5) is 20.4 Å². The molecule has 3 saturated heterocycles. The zero-order valence-electron chi connectivity index (χ0n) is 14.6. The Morgan fingerprint density at radius 1 is 1.00 bits per heavy atom. The second kappa shape index (κ2) is 8.14. The lowest BCUT2D eigenvalue weighted by Gasteiger charge is -2.31. The van der Waals surface area contributed by atoms with Gasteiger partial charge in [-0.25, -0.2) is 18.7 Å². The van der Waals surface area contributed by atoms with Gasteiger partial charge >= 0.3 is 0 Å². The summed E-state index contributed by atoms with van der Waals surface area (Å²) in [6.07, 6.45) is 5.25. The molecule has 1 amide bonds. The molecule has 2 bridgehead atoms. The number of rotatable bonds is 3. The van der Waals surface area contributed by atoms with Gasteiger partial charge in [0.15, 0.2) is 0 Å². The predicted octanol–water partition coefficient (Wildman–Crippen LogP) is 2.71. The number of carbonyl (C=O) groups excluding carboxylic acids is 1. The molecule has 0 atom stereocenters. The number of carbonyl (C=O) groups is 1. The first-order chi connectivity index (χ1) is 12.6. The number of piperidine rings is 1. The number of nitrogens with zero attached hydrogens (tertiary/aromatic N) is 4. The van der Waals surface area contributed by atoms with Crippen LogP contribution in [0.2, 0.25) is 0 Å². The van der Waals surface area contributed by atoms with Crippen LogP contribution in [0.1, 0.15) is 23.2 Å². The van der Waals surface area contributed by atoms with Gasteiger partial charge in [0, 0.05) is 43.9 Å². The van der Waals surface area contributed by atoms with Crippen LogP contribution in [0.5, 0.6) is 0 Å². The normalized spacial score (nSPS) is 21.3. The van der Waals surface area contributed by atoms with Crippen molar-refractivity contribution >= 4 is 29.9 Å². The Balaban J connectivity index is 0.00000210. The quantitative estimate of drug-likeness (QED) is 0.865. The Bertz CT molecular complexity index is 792. The van der Waals surface area contributed by atoms with E-state index in [1.807, 2.05) is 0 Å². The topological polar surface area (TPSA) is 61.4 Å². The van der Waals surface area contributed by atoms with Crippen LogP contribution in [-0.4, -0.2) is 53.0 Å². The van der Waals surface area contributed by atoms with Gasteiger partial charge in [-0.3, -0.25) is 4.79 Å². The number of amides is 1. The summed E-state index contributed by atoms with van der Waals surface area (Å²) in [4.78, 5) is 25.6. The highest BCUT2D eigenvalue weighted by Gasteiger charge is 2.30. The molecule has 2 aromatic rings. The van der Waals surface area contributed by atoms with Crippen molar-refractivity contribution in [2.24, 2.45) is 0 Å². The van der Waals surface area contributed by atoms with E-state index in [0.717, 1.165) is 57.2 Å². The molecule has 144 valence electrons. The van der Waals surface area contributed by atoms with E-state index in [-0.39, 0.29) is 18.0 Å². The molecule has 3 aliphatic heterocycles. The van der Waals surface area contributed by atoms with E-state index in [2.05, 4.69) is 25.1 Å². The SMILES string of the molecule is Cl.O=C(Nc1cnc(N2CCN3CCC2CC3)nc1)c1cc(F)cc(F)c1. The van der Waals surface area contributed by atoms with Crippen LogP contribution in [0, 0.1) is 11.6 Å². The summed E-state index contributed by atoms with van der Waals surface area (Å²) in [5, 5.41) is 2.56. The molecule has 4 heterocycles. The summed E-state index contributed by atoms with van der Waals surface area (Å²) in [5.74, 6) is -1.56. The molecule has 0 spiro atoms. The standard InChI is InChI=1S/C18H19F2N5O.ClH/c19-13-7-12(8-14(20)9-13)17(26)23-15-10-21-18(22-11-15)25-6-5-24-3-1-16(25)2-4-24;/h7-11,16H,1-6H2,(H,23,26);1H. The largest absolute Gasteiger partial charge is 0.336 e. The van der Waals surface area contributed by atoms with Gasteiger partial charge in [0.2, 0.25) is 5.95 Å². The molecule has 1 aromatic carbocycles. The number of halogens is 3. The minimum Gasteiger partial charge on any atom is -0.336 e. The van der Waals surface area contributed by atoms with Crippen molar-refractivity contribution in [3.05, 3.63) is 47.8 Å². The number of hydrogen-bond acceptors (Lipinski definition) is 5. The van der Waals surface area contributed by atoms with Gasteiger partial charge in [0.1, 0.15) is 11.6 Å². The van der Waals surface area contributed by atoms with E-state index in [4.69, 9.17) is 0 Å². The Labute approximate surface area is 162 Å². The Kier molecular flexibility index (Phi) is 5.86. The number of hydrogen-bond donors (Lipinski definition) is 1. The maximum Gasteiger partial charge on any atom is 0.255 e. The summed E-state index contributed by atoms with van der Waals surface area (Å²) >= 11 is 0. The Morgan fingerprint density at radius 3 is 2.26 bits per heavy atom. The van der Waals surface area contributed by atoms with Crippen molar-refractivity contribution in [1.29, 1.82) is 0 Å². The average molecular weight is 396 g/mol. The third kappa shape index (κ3) is 4.33. The van der Waals surface area contributed by atoms with Gasteiger partial charge in [-0.05, 0) is 25.0 Å². The summed E-state index contributed by atoms with van der Waals surface area (Å²) in [7, 11) is 0. The number of anilines is 2. The van der Waals surface area contributed by atoms with Gasteiger partial charge < -0.3 is 15.1 Å². The Hall–Kier alpha value is -2.32. The molecule has 0 radical (unpaired) electrons. The van der Waals surface area contributed by atoms with E-state index in [9.17, 15) is 13.6 Å².